The maximum Gasteiger partial charge on any atom is 0.167 e. The van der Waals surface area contributed by atoms with E-state index in [4.69, 9.17) is 0 Å². The van der Waals surface area contributed by atoms with Gasteiger partial charge in [-0.15, -0.1) is 0 Å². The fraction of sp³-hybridized carbons (Fsp3) is 0.118. The predicted molar refractivity (Wildman–Crippen MR) is 74.2 cm³/mol. The van der Waals surface area contributed by atoms with E-state index in [1.807, 2.05) is 55.5 Å². The number of allylic oxidation sites excluding steroid dienone is 1. The van der Waals surface area contributed by atoms with E-state index in [9.17, 15) is 4.79 Å². The van der Waals surface area contributed by atoms with Gasteiger partial charge in [-0.2, -0.15) is 0 Å². The molecule has 0 amide bonds. The Balaban J connectivity index is 2.16. The first-order valence-corrected chi connectivity index (χ1v) is 6.14. The molecular formula is C17H14O. The van der Waals surface area contributed by atoms with Gasteiger partial charge >= 0.3 is 0 Å². The minimum atomic E-state index is 0.211. The highest BCUT2D eigenvalue weighted by molar-refractivity contribution is 6.27. The lowest BCUT2D eigenvalue weighted by molar-refractivity contribution is -0.113. The lowest BCUT2D eigenvalue weighted by atomic mass is 9.86. The van der Waals surface area contributed by atoms with Crippen LogP contribution in [0.5, 0.6) is 0 Å². The monoisotopic (exact) mass is 234 g/mol. The smallest absolute Gasteiger partial charge is 0.167 e. The van der Waals surface area contributed by atoms with Gasteiger partial charge in [0.15, 0.2) is 5.78 Å². The van der Waals surface area contributed by atoms with Crippen LogP contribution in [-0.4, -0.2) is 5.78 Å². The first-order chi connectivity index (χ1) is 8.75. The van der Waals surface area contributed by atoms with E-state index >= 15 is 0 Å². The molecule has 0 heterocycles. The van der Waals surface area contributed by atoms with Crippen LogP contribution in [0.3, 0.4) is 0 Å². The van der Waals surface area contributed by atoms with Crippen LogP contribution in [0.2, 0.25) is 0 Å². The normalized spacial score (nSPS) is 14.1. The summed E-state index contributed by atoms with van der Waals surface area (Å²) in [6, 6.07) is 16.1. The van der Waals surface area contributed by atoms with Crippen molar-refractivity contribution >= 4 is 17.4 Å². The summed E-state index contributed by atoms with van der Waals surface area (Å²) in [7, 11) is 0. The standard InChI is InChI=1S/C17H14O/c1-12-6-2-5-9-15(12)16-10-13-7-3-4-8-14(13)11-17(16)18/h2-10H,11H2,1H3. The van der Waals surface area contributed by atoms with Crippen molar-refractivity contribution in [2.45, 2.75) is 13.3 Å². The van der Waals surface area contributed by atoms with E-state index in [1.54, 1.807) is 0 Å². The van der Waals surface area contributed by atoms with Gasteiger partial charge in [0.1, 0.15) is 0 Å². The molecule has 18 heavy (non-hydrogen) atoms. The van der Waals surface area contributed by atoms with E-state index in [-0.39, 0.29) is 5.78 Å². The molecule has 1 heteroatoms. The van der Waals surface area contributed by atoms with E-state index in [0.29, 0.717) is 6.42 Å². The first kappa shape index (κ1) is 11.0. The number of Topliss-reactive ketones (excluding diaryl/α,β-unsaturated/α-hetero) is 1. The molecule has 2 aromatic rings. The van der Waals surface area contributed by atoms with Gasteiger partial charge < -0.3 is 0 Å². The fourth-order valence-corrected chi connectivity index (χ4v) is 2.44. The molecule has 1 nitrogen and oxygen atoms in total. The van der Waals surface area contributed by atoms with E-state index in [2.05, 4.69) is 6.07 Å². The second-order valence-electron chi connectivity index (χ2n) is 4.67. The molecule has 0 atom stereocenters. The summed E-state index contributed by atoms with van der Waals surface area (Å²) < 4.78 is 0. The number of ketones is 1. The molecular weight excluding hydrogens is 220 g/mol. The topological polar surface area (TPSA) is 17.1 Å². The number of carbonyl (C=O) groups is 1. The maximum absolute atomic E-state index is 12.2. The van der Waals surface area contributed by atoms with Gasteiger partial charge in [0.2, 0.25) is 0 Å². The third-order valence-corrected chi connectivity index (χ3v) is 3.44. The van der Waals surface area contributed by atoms with Crippen molar-refractivity contribution < 1.29 is 4.79 Å². The number of fused-ring (bicyclic) bond motifs is 1. The molecule has 2 aromatic carbocycles. The summed E-state index contributed by atoms with van der Waals surface area (Å²) in [6.07, 6.45) is 2.53. The van der Waals surface area contributed by atoms with Gasteiger partial charge in [0.05, 0.1) is 0 Å². The molecule has 0 N–H and O–H groups in total. The molecule has 0 bridgehead atoms. The number of rotatable bonds is 1. The van der Waals surface area contributed by atoms with Crippen LogP contribution in [-0.2, 0) is 11.2 Å². The Kier molecular flexibility index (Phi) is 2.60. The Labute approximate surface area is 107 Å². The van der Waals surface area contributed by atoms with Gasteiger partial charge in [0, 0.05) is 12.0 Å². The summed E-state index contributed by atoms with van der Waals surface area (Å²) in [6.45, 7) is 2.05. The summed E-state index contributed by atoms with van der Waals surface area (Å²) >= 11 is 0. The van der Waals surface area contributed by atoms with E-state index in [1.165, 1.54) is 0 Å². The molecule has 0 spiro atoms. The van der Waals surface area contributed by atoms with Crippen molar-refractivity contribution in [3.8, 4) is 0 Å². The average Bonchev–Trinajstić information content (AvgIpc) is 2.39. The van der Waals surface area contributed by atoms with Crippen LogP contribution in [0.1, 0.15) is 22.3 Å². The summed E-state index contributed by atoms with van der Waals surface area (Å²) in [5.74, 6) is 0.211. The zero-order valence-corrected chi connectivity index (χ0v) is 10.3. The summed E-state index contributed by atoms with van der Waals surface area (Å²) in [4.78, 5) is 12.2. The van der Waals surface area contributed by atoms with Gasteiger partial charge in [0.25, 0.3) is 0 Å². The van der Waals surface area contributed by atoms with E-state index < -0.39 is 0 Å². The second kappa shape index (κ2) is 4.26. The number of carbonyl (C=O) groups excluding carboxylic acids is 1. The van der Waals surface area contributed by atoms with Crippen molar-refractivity contribution in [2.75, 3.05) is 0 Å². The molecule has 1 aliphatic carbocycles. The third-order valence-electron chi connectivity index (χ3n) is 3.44. The van der Waals surface area contributed by atoms with Crippen LogP contribution in [0, 0.1) is 6.92 Å². The van der Waals surface area contributed by atoms with Crippen LogP contribution >= 0.6 is 0 Å². The van der Waals surface area contributed by atoms with Gasteiger partial charge in [-0.25, -0.2) is 0 Å². The Morgan fingerprint density at radius 2 is 1.67 bits per heavy atom. The van der Waals surface area contributed by atoms with Crippen molar-refractivity contribution in [1.29, 1.82) is 0 Å². The molecule has 0 radical (unpaired) electrons. The Morgan fingerprint density at radius 3 is 2.50 bits per heavy atom. The Bertz CT molecular complexity index is 650. The summed E-state index contributed by atoms with van der Waals surface area (Å²) in [5.41, 5.74) is 5.33. The van der Waals surface area contributed by atoms with Crippen molar-refractivity contribution in [1.82, 2.24) is 0 Å². The summed E-state index contributed by atoms with van der Waals surface area (Å²) in [5, 5.41) is 0. The molecule has 0 aromatic heterocycles. The molecule has 3 rings (SSSR count). The highest BCUT2D eigenvalue weighted by Crippen LogP contribution is 2.29. The SMILES string of the molecule is Cc1ccccc1C1=Cc2ccccc2CC1=O. The largest absolute Gasteiger partial charge is 0.294 e. The quantitative estimate of drug-likeness (QED) is 0.736. The Hall–Kier alpha value is -2.15. The number of hydrogen-bond donors (Lipinski definition) is 0. The van der Waals surface area contributed by atoms with Crippen molar-refractivity contribution in [3.63, 3.8) is 0 Å². The lowest BCUT2D eigenvalue weighted by Gasteiger charge is -2.16. The second-order valence-corrected chi connectivity index (χ2v) is 4.67. The number of aryl methyl sites for hydroxylation is 1. The van der Waals surface area contributed by atoms with Crippen LogP contribution in [0.4, 0.5) is 0 Å². The minimum Gasteiger partial charge on any atom is -0.294 e. The fourth-order valence-electron chi connectivity index (χ4n) is 2.44. The molecule has 0 saturated heterocycles. The van der Waals surface area contributed by atoms with Gasteiger partial charge in [-0.05, 0) is 35.3 Å². The van der Waals surface area contributed by atoms with Gasteiger partial charge in [-0.1, -0.05) is 48.5 Å². The minimum absolute atomic E-state index is 0.211. The zero-order chi connectivity index (χ0) is 12.5. The Morgan fingerprint density at radius 1 is 0.944 bits per heavy atom. The molecule has 1 aliphatic rings. The highest BCUT2D eigenvalue weighted by atomic mass is 16.1. The average molecular weight is 234 g/mol. The van der Waals surface area contributed by atoms with Crippen molar-refractivity contribution in [2.24, 2.45) is 0 Å². The first-order valence-electron chi connectivity index (χ1n) is 6.14. The van der Waals surface area contributed by atoms with Crippen LogP contribution in [0.15, 0.2) is 48.5 Å². The molecule has 0 aliphatic heterocycles. The van der Waals surface area contributed by atoms with Crippen LogP contribution < -0.4 is 0 Å². The predicted octanol–water partition coefficient (Wildman–Crippen LogP) is 3.66. The zero-order valence-electron chi connectivity index (χ0n) is 10.3. The van der Waals surface area contributed by atoms with Crippen molar-refractivity contribution in [3.05, 3.63) is 70.8 Å². The van der Waals surface area contributed by atoms with Gasteiger partial charge in [-0.3, -0.25) is 4.79 Å². The third kappa shape index (κ3) is 1.78. The van der Waals surface area contributed by atoms with Crippen LogP contribution in [0.25, 0.3) is 11.6 Å². The number of hydrogen-bond acceptors (Lipinski definition) is 1. The lowest BCUT2D eigenvalue weighted by Crippen LogP contribution is -2.12. The molecule has 88 valence electrons. The molecule has 0 saturated carbocycles. The molecule has 0 unspecified atom stereocenters. The van der Waals surface area contributed by atoms with E-state index in [0.717, 1.165) is 27.8 Å². The molecule has 0 fully saturated rings. The highest BCUT2D eigenvalue weighted by Gasteiger charge is 2.20. The maximum atomic E-state index is 12.2. The number of benzene rings is 2.